The van der Waals surface area contributed by atoms with E-state index in [4.69, 9.17) is 4.74 Å². The molecule has 5 nitrogen and oxygen atoms in total. The van der Waals surface area contributed by atoms with Gasteiger partial charge in [-0.3, -0.25) is 4.79 Å². The molecule has 1 aromatic heterocycles. The van der Waals surface area contributed by atoms with Gasteiger partial charge in [0.25, 0.3) is 0 Å². The number of fused-ring (bicyclic) bond motifs is 1. The van der Waals surface area contributed by atoms with Gasteiger partial charge in [0.15, 0.2) is 0 Å². The summed E-state index contributed by atoms with van der Waals surface area (Å²) >= 11 is 0. The largest absolute Gasteiger partial charge is 0.457 e. The van der Waals surface area contributed by atoms with Crippen LogP contribution in [0.15, 0.2) is 18.3 Å². The highest BCUT2D eigenvalue weighted by Crippen LogP contribution is 2.24. The zero-order valence-corrected chi connectivity index (χ0v) is 12.8. The maximum atomic E-state index is 11.8. The Bertz CT molecular complexity index is 612. The zero-order chi connectivity index (χ0) is 15.6. The predicted octanol–water partition coefficient (Wildman–Crippen LogP) is 2.71. The number of anilines is 1. The van der Waals surface area contributed by atoms with Crippen LogP contribution >= 0.6 is 0 Å². The lowest BCUT2D eigenvalue weighted by Gasteiger charge is -2.19. The molecule has 0 fully saturated rings. The average Bonchev–Trinajstić information content (AvgIpc) is 2.35. The second-order valence-corrected chi connectivity index (χ2v) is 6.14. The van der Waals surface area contributed by atoms with E-state index in [1.54, 1.807) is 6.20 Å². The molecule has 1 amide bonds. The summed E-state index contributed by atoms with van der Waals surface area (Å²) in [6.07, 6.45) is 4.26. The van der Waals surface area contributed by atoms with E-state index in [0.29, 0.717) is 18.7 Å². The van der Waals surface area contributed by atoms with Crippen molar-refractivity contribution in [1.82, 2.24) is 4.98 Å². The molecule has 0 bridgehead atoms. The fraction of sp³-hybridized carbons (Fsp3) is 0.438. The van der Waals surface area contributed by atoms with Gasteiger partial charge in [-0.2, -0.15) is 0 Å². The van der Waals surface area contributed by atoms with E-state index in [2.05, 4.69) is 10.3 Å². The molecule has 0 aliphatic carbocycles. The lowest BCUT2D eigenvalue weighted by Crippen LogP contribution is -2.22. The highest BCUT2D eigenvalue weighted by Gasteiger charge is 2.17. The maximum Gasteiger partial charge on any atom is 0.331 e. The van der Waals surface area contributed by atoms with Gasteiger partial charge in [0.05, 0.1) is 0 Å². The third-order valence-electron chi connectivity index (χ3n) is 3.04. The summed E-state index contributed by atoms with van der Waals surface area (Å²) in [7, 11) is 0. The van der Waals surface area contributed by atoms with Crippen molar-refractivity contribution in [3.8, 4) is 0 Å². The minimum absolute atomic E-state index is 0.0104. The third kappa shape index (κ3) is 4.15. The third-order valence-corrected chi connectivity index (χ3v) is 3.04. The van der Waals surface area contributed by atoms with Crippen molar-refractivity contribution in [2.45, 2.75) is 46.1 Å². The first kappa shape index (κ1) is 15.2. The zero-order valence-electron chi connectivity index (χ0n) is 12.8. The summed E-state index contributed by atoms with van der Waals surface area (Å²) in [5.41, 5.74) is 2.13. The van der Waals surface area contributed by atoms with Gasteiger partial charge in [-0.25, -0.2) is 9.78 Å². The van der Waals surface area contributed by atoms with Crippen molar-refractivity contribution >= 4 is 23.3 Å². The molecule has 1 N–H and O–H groups in total. The Morgan fingerprint density at radius 2 is 2.10 bits per heavy atom. The smallest absolute Gasteiger partial charge is 0.331 e. The molecule has 1 aromatic rings. The molecule has 112 valence electrons. The molecule has 0 aromatic carbocycles. The van der Waals surface area contributed by atoms with E-state index in [9.17, 15) is 9.59 Å². The van der Waals surface area contributed by atoms with Crippen molar-refractivity contribution in [3.05, 3.63) is 29.5 Å². The molecular weight excluding hydrogens is 268 g/mol. The summed E-state index contributed by atoms with van der Waals surface area (Å²) in [5.74, 6) is 0.231. The van der Waals surface area contributed by atoms with Crippen LogP contribution in [-0.2, 0) is 20.7 Å². The second-order valence-electron chi connectivity index (χ2n) is 6.14. The summed E-state index contributed by atoms with van der Waals surface area (Å²) in [4.78, 5) is 27.3. The van der Waals surface area contributed by atoms with E-state index in [1.807, 2.05) is 33.8 Å². The Balaban J connectivity index is 2.18. The van der Waals surface area contributed by atoms with Crippen molar-refractivity contribution in [2.24, 2.45) is 0 Å². The Morgan fingerprint density at radius 1 is 1.38 bits per heavy atom. The number of esters is 1. The number of carbonyl (C=O) groups excluding carboxylic acids is 2. The van der Waals surface area contributed by atoms with E-state index >= 15 is 0 Å². The number of nitrogens with zero attached hydrogens (tertiary/aromatic N) is 1. The van der Waals surface area contributed by atoms with Gasteiger partial charge in [-0.1, -0.05) is 0 Å². The van der Waals surface area contributed by atoms with Gasteiger partial charge in [0, 0.05) is 18.7 Å². The van der Waals surface area contributed by atoms with E-state index < -0.39 is 5.60 Å². The number of aromatic nitrogens is 1. The number of allylic oxidation sites excluding steroid dienone is 1. The molecule has 0 unspecified atom stereocenters. The van der Waals surface area contributed by atoms with Gasteiger partial charge >= 0.3 is 5.97 Å². The molecule has 0 spiro atoms. The summed E-state index contributed by atoms with van der Waals surface area (Å²) in [6.45, 7) is 7.33. The van der Waals surface area contributed by atoms with Crippen molar-refractivity contribution < 1.29 is 14.3 Å². The second kappa shape index (κ2) is 5.68. The molecular formula is C16H20N2O3. The first-order valence-corrected chi connectivity index (χ1v) is 6.95. The number of nitrogens with one attached hydrogen (secondary N) is 1. The van der Waals surface area contributed by atoms with Crippen LogP contribution in [0.4, 0.5) is 5.82 Å². The quantitative estimate of drug-likeness (QED) is 0.671. The molecule has 1 aliphatic rings. The molecule has 0 radical (unpaired) electrons. The molecule has 0 saturated carbocycles. The summed E-state index contributed by atoms with van der Waals surface area (Å²) in [5, 5.41) is 2.74. The van der Waals surface area contributed by atoms with Crippen LogP contribution in [-0.4, -0.2) is 22.5 Å². The minimum atomic E-state index is -0.508. The SMILES string of the molecule is CC(=CC(=O)OC(C)(C)C)c1cnc2c(c1)CCC(=O)N2. The summed E-state index contributed by atoms with van der Waals surface area (Å²) < 4.78 is 5.26. The van der Waals surface area contributed by atoms with Gasteiger partial charge in [0.1, 0.15) is 11.4 Å². The van der Waals surface area contributed by atoms with E-state index in [-0.39, 0.29) is 11.9 Å². The minimum Gasteiger partial charge on any atom is -0.457 e. The van der Waals surface area contributed by atoms with Gasteiger partial charge in [0.2, 0.25) is 5.91 Å². The number of pyridine rings is 1. The standard InChI is InChI=1S/C16H20N2O3/c1-10(7-14(20)21-16(2,3)4)12-8-11-5-6-13(19)18-15(11)17-9-12/h7-9H,5-6H2,1-4H3,(H,17,18,19). The van der Waals surface area contributed by atoms with Crippen molar-refractivity contribution in [2.75, 3.05) is 5.32 Å². The number of amides is 1. The monoisotopic (exact) mass is 288 g/mol. The molecule has 2 rings (SSSR count). The number of aryl methyl sites for hydroxylation is 1. The Labute approximate surface area is 124 Å². The Morgan fingerprint density at radius 3 is 2.76 bits per heavy atom. The van der Waals surface area contributed by atoms with Crippen molar-refractivity contribution in [1.29, 1.82) is 0 Å². The topological polar surface area (TPSA) is 68.3 Å². The van der Waals surface area contributed by atoms with Crippen LogP contribution in [0.25, 0.3) is 5.57 Å². The number of hydrogen-bond acceptors (Lipinski definition) is 4. The normalized spacial score (nSPS) is 15.2. The Kier molecular flexibility index (Phi) is 4.11. The van der Waals surface area contributed by atoms with Gasteiger partial charge in [-0.05, 0) is 56.9 Å². The molecule has 5 heteroatoms. The van der Waals surface area contributed by atoms with Gasteiger partial charge < -0.3 is 10.1 Å². The molecule has 0 atom stereocenters. The average molecular weight is 288 g/mol. The summed E-state index contributed by atoms with van der Waals surface area (Å²) in [6, 6.07) is 1.96. The highest BCUT2D eigenvalue weighted by molar-refractivity contribution is 5.94. The first-order chi connectivity index (χ1) is 9.74. The first-order valence-electron chi connectivity index (χ1n) is 6.95. The highest BCUT2D eigenvalue weighted by atomic mass is 16.6. The lowest BCUT2D eigenvalue weighted by atomic mass is 10.0. The fourth-order valence-electron chi connectivity index (χ4n) is 2.06. The van der Waals surface area contributed by atoms with Crippen LogP contribution in [0, 0.1) is 0 Å². The predicted molar refractivity (Wildman–Crippen MR) is 80.7 cm³/mol. The van der Waals surface area contributed by atoms with E-state index in [0.717, 1.165) is 16.7 Å². The Hall–Kier alpha value is -2.17. The molecule has 0 saturated heterocycles. The van der Waals surface area contributed by atoms with Crippen LogP contribution < -0.4 is 5.32 Å². The van der Waals surface area contributed by atoms with Gasteiger partial charge in [-0.15, -0.1) is 0 Å². The van der Waals surface area contributed by atoms with Crippen LogP contribution in [0.2, 0.25) is 0 Å². The number of hydrogen-bond donors (Lipinski definition) is 1. The van der Waals surface area contributed by atoms with Crippen LogP contribution in [0.3, 0.4) is 0 Å². The van der Waals surface area contributed by atoms with Crippen LogP contribution in [0.5, 0.6) is 0 Å². The number of ether oxygens (including phenoxy) is 1. The molecule has 21 heavy (non-hydrogen) atoms. The molecule has 2 heterocycles. The maximum absolute atomic E-state index is 11.8. The van der Waals surface area contributed by atoms with Crippen LogP contribution in [0.1, 0.15) is 45.2 Å². The number of carbonyl (C=O) groups is 2. The molecule has 1 aliphatic heterocycles. The van der Waals surface area contributed by atoms with E-state index in [1.165, 1.54) is 6.08 Å². The van der Waals surface area contributed by atoms with Crippen molar-refractivity contribution in [3.63, 3.8) is 0 Å². The fourth-order valence-corrected chi connectivity index (χ4v) is 2.06. The number of rotatable bonds is 2. The lowest BCUT2D eigenvalue weighted by molar-refractivity contribution is -0.148.